The van der Waals surface area contributed by atoms with Crippen molar-refractivity contribution in [3.63, 3.8) is 0 Å². The number of carbonyl (C=O) groups is 1. The number of hydrogen-bond donors (Lipinski definition) is 3. The molecule has 0 aliphatic heterocycles. The molecular formula is C27H48N6O4S. The van der Waals surface area contributed by atoms with Gasteiger partial charge in [-0.15, -0.1) is 0 Å². The minimum Gasteiger partial charge on any atom is -0.511 e. The average Bonchev–Trinajstić information content (AvgIpc) is 2.87. The molecule has 3 atom stereocenters. The number of methoxy groups -OCH3 is 1. The zero-order valence-electron chi connectivity index (χ0n) is 24.5. The molecule has 2 rings (SSSR count). The first kappa shape index (κ1) is 33.5. The van der Waals surface area contributed by atoms with Gasteiger partial charge in [-0.25, -0.2) is 0 Å². The first-order chi connectivity index (χ1) is 18.2. The number of aromatic nitrogens is 3. The Morgan fingerprint density at radius 3 is 2.39 bits per heavy atom. The fourth-order valence-corrected chi connectivity index (χ4v) is 4.93. The fourth-order valence-electron chi connectivity index (χ4n) is 3.96. The summed E-state index contributed by atoms with van der Waals surface area (Å²) < 4.78 is 5.01. The van der Waals surface area contributed by atoms with Gasteiger partial charge in [-0.3, -0.25) is 4.79 Å². The Balaban J connectivity index is 0.000000399. The first-order valence-electron chi connectivity index (χ1n) is 13.8. The molecule has 3 N–H and O–H groups in total. The van der Waals surface area contributed by atoms with Crippen molar-refractivity contribution in [2.24, 2.45) is 11.1 Å². The smallest absolute Gasteiger partial charge is 0.322 e. The van der Waals surface area contributed by atoms with E-state index in [2.05, 4.69) is 58.4 Å². The standard InChI is InChI=1S/C17H29NO3S.C10H19N5O/c1-5-8-14(18-21-6-2)17-15(19)10-13(11-16(17)20)9-12(4)22-7-3;1-5-7(3)12-9-13-8(11-6-2)14-10(15-9)16-4/h12-13,19H,5-11H2,1-4H3;7H,5-6H2,1-4H3,(H2,11,12,13,14,15)/b18-14+;. The minimum absolute atomic E-state index is 0.00866. The number of aliphatic hydroxyl groups is 1. The number of Topliss-reactive ketones (excluding diaryl/α,β-unsaturated/α-hetero) is 1. The molecule has 1 aliphatic rings. The molecule has 0 bridgehead atoms. The van der Waals surface area contributed by atoms with Gasteiger partial charge in [-0.2, -0.15) is 26.7 Å². The van der Waals surface area contributed by atoms with Gasteiger partial charge < -0.3 is 25.3 Å². The third kappa shape index (κ3) is 11.9. The predicted octanol–water partition coefficient (Wildman–Crippen LogP) is 6.02. The van der Waals surface area contributed by atoms with Crippen molar-refractivity contribution in [3.05, 3.63) is 11.3 Å². The maximum atomic E-state index is 12.5. The second-order valence-electron chi connectivity index (χ2n) is 9.18. The minimum atomic E-state index is 0.00866. The van der Waals surface area contributed by atoms with Crippen LogP contribution < -0.4 is 15.4 Å². The van der Waals surface area contributed by atoms with Gasteiger partial charge in [0.2, 0.25) is 11.9 Å². The summed E-state index contributed by atoms with van der Waals surface area (Å²) in [5, 5.41) is 21.1. The third-order valence-corrected chi connectivity index (χ3v) is 6.93. The number of anilines is 2. The van der Waals surface area contributed by atoms with Crippen LogP contribution in [0.3, 0.4) is 0 Å². The van der Waals surface area contributed by atoms with Crippen LogP contribution in [-0.2, 0) is 9.63 Å². The van der Waals surface area contributed by atoms with E-state index in [1.807, 2.05) is 32.5 Å². The highest BCUT2D eigenvalue weighted by molar-refractivity contribution is 7.99. The Labute approximate surface area is 232 Å². The second kappa shape index (κ2) is 18.7. The maximum absolute atomic E-state index is 12.5. The van der Waals surface area contributed by atoms with E-state index >= 15 is 0 Å². The van der Waals surface area contributed by atoms with E-state index in [4.69, 9.17) is 9.57 Å². The van der Waals surface area contributed by atoms with Gasteiger partial charge in [-0.1, -0.05) is 39.3 Å². The first-order valence-corrected chi connectivity index (χ1v) is 14.8. The van der Waals surface area contributed by atoms with Crippen LogP contribution in [0.2, 0.25) is 0 Å². The van der Waals surface area contributed by atoms with Crippen molar-refractivity contribution in [2.75, 3.05) is 36.6 Å². The van der Waals surface area contributed by atoms with Crippen LogP contribution in [0.5, 0.6) is 6.01 Å². The van der Waals surface area contributed by atoms with Crippen molar-refractivity contribution in [2.45, 2.75) is 98.3 Å². The summed E-state index contributed by atoms with van der Waals surface area (Å²) in [5.41, 5.74) is 1.00. The lowest BCUT2D eigenvalue weighted by atomic mass is 9.82. The summed E-state index contributed by atoms with van der Waals surface area (Å²) in [7, 11) is 1.54. The van der Waals surface area contributed by atoms with E-state index < -0.39 is 0 Å². The SMILES string of the molecule is CCC/C(=N\OCC)C1=C(O)CC(CC(C)SCC)CC1=O.CCNc1nc(NC(C)CC)nc(OC)n1. The molecule has 1 aromatic heterocycles. The molecule has 216 valence electrons. The number of allylic oxidation sites excluding steroid dienone is 2. The van der Waals surface area contributed by atoms with Crippen molar-refractivity contribution < 1.29 is 19.5 Å². The molecule has 1 heterocycles. The number of ether oxygens (including phenoxy) is 1. The van der Waals surface area contributed by atoms with Crippen LogP contribution in [0, 0.1) is 5.92 Å². The molecular weight excluding hydrogens is 504 g/mol. The number of ketones is 1. The lowest BCUT2D eigenvalue weighted by molar-refractivity contribution is -0.116. The molecule has 0 aromatic carbocycles. The molecule has 0 saturated carbocycles. The van der Waals surface area contributed by atoms with Gasteiger partial charge in [-0.05, 0) is 51.7 Å². The number of hydrogen-bond acceptors (Lipinski definition) is 11. The highest BCUT2D eigenvalue weighted by Gasteiger charge is 2.31. The summed E-state index contributed by atoms with van der Waals surface area (Å²) in [5.74, 6) is 2.59. The van der Waals surface area contributed by atoms with Crippen molar-refractivity contribution in [1.82, 2.24) is 15.0 Å². The third-order valence-electron chi connectivity index (χ3n) is 5.84. The lowest BCUT2D eigenvalue weighted by Crippen LogP contribution is -2.26. The Kier molecular flexibility index (Phi) is 16.4. The number of oxime groups is 1. The van der Waals surface area contributed by atoms with E-state index in [9.17, 15) is 9.90 Å². The van der Waals surface area contributed by atoms with Crippen molar-refractivity contribution in [3.8, 4) is 6.01 Å². The van der Waals surface area contributed by atoms with Crippen LogP contribution in [0.15, 0.2) is 16.5 Å². The van der Waals surface area contributed by atoms with Gasteiger partial charge in [0, 0.05) is 30.7 Å². The summed E-state index contributed by atoms with van der Waals surface area (Å²) >= 11 is 1.90. The molecule has 10 nitrogen and oxygen atoms in total. The topological polar surface area (TPSA) is 131 Å². The van der Waals surface area contributed by atoms with Crippen LogP contribution in [0.25, 0.3) is 0 Å². The lowest BCUT2D eigenvalue weighted by Gasteiger charge is -2.25. The van der Waals surface area contributed by atoms with Gasteiger partial charge >= 0.3 is 6.01 Å². The molecule has 38 heavy (non-hydrogen) atoms. The normalized spacial score (nSPS) is 17.3. The molecule has 11 heteroatoms. The van der Waals surface area contributed by atoms with Crippen LogP contribution in [-0.4, -0.2) is 68.9 Å². The number of carbonyl (C=O) groups excluding carboxylic acids is 1. The number of aliphatic hydroxyl groups excluding tert-OH is 1. The predicted molar refractivity (Wildman–Crippen MR) is 157 cm³/mol. The summed E-state index contributed by atoms with van der Waals surface area (Å²) in [6.07, 6.45) is 4.56. The molecule has 0 saturated heterocycles. The van der Waals surface area contributed by atoms with E-state index in [-0.39, 0.29) is 17.5 Å². The zero-order valence-corrected chi connectivity index (χ0v) is 25.3. The van der Waals surface area contributed by atoms with Gasteiger partial charge in [0.25, 0.3) is 0 Å². The average molecular weight is 553 g/mol. The Morgan fingerprint density at radius 1 is 1.13 bits per heavy atom. The molecule has 1 aliphatic carbocycles. The van der Waals surface area contributed by atoms with E-state index in [1.165, 1.54) is 7.11 Å². The van der Waals surface area contributed by atoms with Crippen LogP contribution in [0.4, 0.5) is 11.9 Å². The monoisotopic (exact) mass is 552 g/mol. The summed E-state index contributed by atoms with van der Waals surface area (Å²) in [6, 6.07) is 0.637. The van der Waals surface area contributed by atoms with Crippen molar-refractivity contribution in [1.29, 1.82) is 0 Å². The molecule has 1 aromatic rings. The molecule has 0 fully saturated rings. The molecule has 0 radical (unpaired) electrons. The highest BCUT2D eigenvalue weighted by atomic mass is 32.2. The molecule has 3 unspecified atom stereocenters. The summed E-state index contributed by atoms with van der Waals surface area (Å²) in [4.78, 5) is 30.0. The largest absolute Gasteiger partial charge is 0.511 e. The van der Waals surface area contributed by atoms with Crippen molar-refractivity contribution >= 4 is 35.2 Å². The fraction of sp³-hybridized carbons (Fsp3) is 0.741. The van der Waals surface area contributed by atoms with E-state index in [0.717, 1.165) is 31.6 Å². The second-order valence-corrected chi connectivity index (χ2v) is 10.9. The number of thioether (sulfide) groups is 1. The van der Waals surface area contributed by atoms with Gasteiger partial charge in [0.15, 0.2) is 5.78 Å². The number of nitrogens with one attached hydrogen (secondary N) is 2. The Morgan fingerprint density at radius 2 is 1.84 bits per heavy atom. The Hall–Kier alpha value is -2.56. The highest BCUT2D eigenvalue weighted by Crippen LogP contribution is 2.32. The Bertz CT molecular complexity index is 912. The van der Waals surface area contributed by atoms with Gasteiger partial charge in [0.05, 0.1) is 18.4 Å². The van der Waals surface area contributed by atoms with Crippen LogP contribution in [0.1, 0.15) is 87.0 Å². The summed E-state index contributed by atoms with van der Waals surface area (Å²) in [6.45, 7) is 15.6. The van der Waals surface area contributed by atoms with E-state index in [1.54, 1.807) is 0 Å². The maximum Gasteiger partial charge on any atom is 0.322 e. The zero-order chi connectivity index (χ0) is 28.5. The quantitative estimate of drug-likeness (QED) is 0.175. The molecule has 0 amide bonds. The number of nitrogens with zero attached hydrogens (tertiary/aromatic N) is 4. The number of rotatable bonds is 15. The van der Waals surface area contributed by atoms with Gasteiger partial charge in [0.1, 0.15) is 12.4 Å². The van der Waals surface area contributed by atoms with Crippen LogP contribution >= 0.6 is 11.8 Å². The molecule has 0 spiro atoms. The van der Waals surface area contributed by atoms with E-state index in [0.29, 0.717) is 66.4 Å².